The van der Waals surface area contributed by atoms with Crippen LogP contribution in [0.2, 0.25) is 0 Å². The molecular weight excluding hydrogens is 330 g/mol. The zero-order valence-corrected chi connectivity index (χ0v) is 15.2. The first kappa shape index (κ1) is 17.2. The van der Waals surface area contributed by atoms with E-state index in [2.05, 4.69) is 10.3 Å². The summed E-state index contributed by atoms with van der Waals surface area (Å²) in [5.74, 6) is -0.148. The molecule has 0 aliphatic rings. The van der Waals surface area contributed by atoms with Crippen LogP contribution in [0, 0.1) is 13.8 Å². The molecule has 1 heterocycles. The molecule has 1 aromatic heterocycles. The molecule has 0 spiro atoms. The molecule has 0 saturated carbocycles. The zero-order chi connectivity index (χ0) is 17.8. The molecule has 0 radical (unpaired) electrons. The summed E-state index contributed by atoms with van der Waals surface area (Å²) in [4.78, 5) is 13.6. The number of hydrogen-bond acceptors (Lipinski definition) is 4. The van der Waals surface area contributed by atoms with Crippen molar-refractivity contribution in [2.24, 2.45) is 0 Å². The monoisotopic (exact) mass is 349 g/mol. The van der Waals surface area contributed by atoms with Gasteiger partial charge >= 0.3 is 0 Å². The fourth-order valence-electron chi connectivity index (χ4n) is 2.45. The largest absolute Gasteiger partial charge is 0.287 e. The molecule has 4 nitrogen and oxygen atoms in total. The van der Waals surface area contributed by atoms with E-state index in [9.17, 15) is 4.79 Å². The predicted molar refractivity (Wildman–Crippen MR) is 102 cm³/mol. The van der Waals surface area contributed by atoms with Crippen LogP contribution in [-0.2, 0) is 0 Å². The number of carbonyl (C=O) groups is 1. The quantitative estimate of drug-likeness (QED) is 0.386. The van der Waals surface area contributed by atoms with Gasteiger partial charge in [-0.25, -0.2) is 4.68 Å². The van der Waals surface area contributed by atoms with E-state index < -0.39 is 0 Å². The Morgan fingerprint density at radius 3 is 2.36 bits per heavy atom. The Hall–Kier alpha value is -2.66. The summed E-state index contributed by atoms with van der Waals surface area (Å²) in [6.07, 6.45) is 5.38. The molecular formula is C20H19N3OS. The molecule has 0 aliphatic heterocycles. The van der Waals surface area contributed by atoms with Crippen LogP contribution in [0.1, 0.15) is 27.3 Å². The Morgan fingerprint density at radius 1 is 1.04 bits per heavy atom. The van der Waals surface area contributed by atoms with Crippen LogP contribution in [0.15, 0.2) is 59.5 Å². The van der Waals surface area contributed by atoms with E-state index in [-0.39, 0.29) is 5.78 Å². The van der Waals surface area contributed by atoms with Crippen LogP contribution in [0.3, 0.4) is 0 Å². The van der Waals surface area contributed by atoms with Gasteiger partial charge in [0.05, 0.1) is 11.4 Å². The van der Waals surface area contributed by atoms with Crippen LogP contribution in [0.25, 0.3) is 11.8 Å². The number of aromatic nitrogens is 3. The molecule has 3 rings (SSSR count). The Balaban J connectivity index is 1.80. The summed E-state index contributed by atoms with van der Waals surface area (Å²) in [7, 11) is 0. The molecule has 0 N–H and O–H groups in total. The Morgan fingerprint density at radius 2 is 1.72 bits per heavy atom. The van der Waals surface area contributed by atoms with Crippen molar-refractivity contribution in [3.63, 3.8) is 0 Å². The number of thioether (sulfide) groups is 1. The Kier molecular flexibility index (Phi) is 5.14. The highest BCUT2D eigenvalue weighted by Crippen LogP contribution is 2.17. The molecule has 126 valence electrons. The minimum absolute atomic E-state index is 0.148. The lowest BCUT2D eigenvalue weighted by atomic mass is 10.1. The normalized spacial score (nSPS) is 11.2. The minimum atomic E-state index is -0.148. The molecule has 3 aromatic rings. The first-order valence-corrected chi connectivity index (χ1v) is 9.17. The maximum Gasteiger partial charge on any atom is 0.208 e. The standard InChI is InChI=1S/C20H19N3OS/c1-14-4-9-17(10-5-14)23-15(2)20(21-22-23)19(24)13-8-16-6-11-18(25-3)12-7-16/h4-13H,1-3H3/b13-8+. The lowest BCUT2D eigenvalue weighted by Crippen LogP contribution is -2.01. The Bertz CT molecular complexity index is 909. The first-order valence-electron chi connectivity index (χ1n) is 7.94. The SMILES string of the molecule is CSc1ccc(/C=C/C(=O)c2nnn(-c3ccc(C)cc3)c2C)cc1. The van der Waals surface area contributed by atoms with Gasteiger partial charge in [0.15, 0.2) is 5.69 Å². The summed E-state index contributed by atoms with van der Waals surface area (Å²) in [6, 6.07) is 16.0. The Labute approximate surface area is 151 Å². The van der Waals surface area contributed by atoms with E-state index in [1.54, 1.807) is 28.6 Å². The van der Waals surface area contributed by atoms with Crippen LogP contribution >= 0.6 is 11.8 Å². The number of hydrogen-bond donors (Lipinski definition) is 0. The summed E-state index contributed by atoms with van der Waals surface area (Å²) < 4.78 is 1.69. The second kappa shape index (κ2) is 7.49. The topological polar surface area (TPSA) is 47.8 Å². The zero-order valence-electron chi connectivity index (χ0n) is 14.4. The van der Waals surface area contributed by atoms with Crippen molar-refractivity contribution < 1.29 is 4.79 Å². The van der Waals surface area contributed by atoms with Crippen molar-refractivity contribution in [1.82, 2.24) is 15.0 Å². The highest BCUT2D eigenvalue weighted by atomic mass is 32.2. The van der Waals surface area contributed by atoms with Gasteiger partial charge in [-0.1, -0.05) is 41.1 Å². The fraction of sp³-hybridized carbons (Fsp3) is 0.150. The smallest absolute Gasteiger partial charge is 0.208 e. The number of ketones is 1. The van der Waals surface area contributed by atoms with Gasteiger partial charge < -0.3 is 0 Å². The predicted octanol–water partition coefficient (Wildman–Crippen LogP) is 4.50. The van der Waals surface area contributed by atoms with E-state index >= 15 is 0 Å². The van der Waals surface area contributed by atoms with Crippen LogP contribution in [0.5, 0.6) is 0 Å². The molecule has 25 heavy (non-hydrogen) atoms. The summed E-state index contributed by atoms with van der Waals surface area (Å²) in [5.41, 5.74) is 4.16. The van der Waals surface area contributed by atoms with E-state index in [4.69, 9.17) is 0 Å². The third-order valence-corrected chi connectivity index (χ3v) is 4.69. The van der Waals surface area contributed by atoms with Crippen LogP contribution in [-0.4, -0.2) is 27.0 Å². The van der Waals surface area contributed by atoms with Gasteiger partial charge in [0.2, 0.25) is 5.78 Å². The number of rotatable bonds is 5. The van der Waals surface area contributed by atoms with Crippen molar-refractivity contribution in [2.45, 2.75) is 18.7 Å². The van der Waals surface area contributed by atoms with Crippen molar-refractivity contribution in [1.29, 1.82) is 0 Å². The van der Waals surface area contributed by atoms with E-state index in [1.807, 2.05) is 68.6 Å². The highest BCUT2D eigenvalue weighted by molar-refractivity contribution is 7.98. The van der Waals surface area contributed by atoms with Crippen molar-refractivity contribution in [3.05, 3.63) is 77.1 Å². The van der Waals surface area contributed by atoms with Gasteiger partial charge in [0.25, 0.3) is 0 Å². The van der Waals surface area contributed by atoms with Gasteiger partial charge in [0, 0.05) is 4.90 Å². The van der Waals surface area contributed by atoms with Gasteiger partial charge in [-0.15, -0.1) is 16.9 Å². The molecule has 0 saturated heterocycles. The van der Waals surface area contributed by atoms with Gasteiger partial charge in [-0.2, -0.15) is 0 Å². The lowest BCUT2D eigenvalue weighted by Gasteiger charge is -2.03. The second-order valence-corrected chi connectivity index (χ2v) is 6.62. The minimum Gasteiger partial charge on any atom is -0.287 e. The fourth-order valence-corrected chi connectivity index (χ4v) is 2.86. The van der Waals surface area contributed by atoms with Crippen molar-refractivity contribution in [2.75, 3.05) is 6.26 Å². The van der Waals surface area contributed by atoms with Gasteiger partial charge in [-0.3, -0.25) is 4.79 Å². The molecule has 2 aromatic carbocycles. The molecule has 0 atom stereocenters. The van der Waals surface area contributed by atoms with E-state index in [0.717, 1.165) is 16.9 Å². The summed E-state index contributed by atoms with van der Waals surface area (Å²) in [6.45, 7) is 3.89. The number of benzene rings is 2. The highest BCUT2D eigenvalue weighted by Gasteiger charge is 2.15. The second-order valence-electron chi connectivity index (χ2n) is 5.74. The molecule has 0 amide bonds. The van der Waals surface area contributed by atoms with E-state index in [1.165, 1.54) is 10.5 Å². The molecule has 0 bridgehead atoms. The number of allylic oxidation sites excluding steroid dienone is 1. The van der Waals surface area contributed by atoms with Crippen LogP contribution in [0.4, 0.5) is 0 Å². The lowest BCUT2D eigenvalue weighted by molar-refractivity contribution is 0.104. The summed E-state index contributed by atoms with van der Waals surface area (Å²) >= 11 is 1.69. The van der Waals surface area contributed by atoms with Crippen molar-refractivity contribution >= 4 is 23.6 Å². The third-order valence-electron chi connectivity index (χ3n) is 3.95. The molecule has 0 unspecified atom stereocenters. The maximum atomic E-state index is 12.5. The number of carbonyl (C=O) groups excluding carboxylic acids is 1. The third kappa shape index (κ3) is 3.88. The molecule has 0 aliphatic carbocycles. The first-order chi connectivity index (χ1) is 12.1. The number of nitrogens with zero attached hydrogens (tertiary/aromatic N) is 3. The molecule has 5 heteroatoms. The average molecular weight is 349 g/mol. The van der Waals surface area contributed by atoms with E-state index in [0.29, 0.717) is 5.69 Å². The van der Waals surface area contributed by atoms with Crippen LogP contribution < -0.4 is 0 Å². The van der Waals surface area contributed by atoms with Gasteiger partial charge in [-0.05, 0) is 56.0 Å². The maximum absolute atomic E-state index is 12.5. The molecule has 0 fully saturated rings. The van der Waals surface area contributed by atoms with Gasteiger partial charge in [0.1, 0.15) is 0 Å². The average Bonchev–Trinajstić information content (AvgIpc) is 3.02. The van der Waals surface area contributed by atoms with Crippen molar-refractivity contribution in [3.8, 4) is 5.69 Å². The number of aryl methyl sites for hydroxylation is 1. The summed E-state index contributed by atoms with van der Waals surface area (Å²) in [5, 5.41) is 8.19.